The molecule has 1 aliphatic rings. The van der Waals surface area contributed by atoms with E-state index in [1.165, 1.54) is 13.1 Å². The number of pyridine rings is 1. The molecule has 126 valence electrons. The van der Waals surface area contributed by atoms with Crippen LogP contribution in [0.15, 0.2) is 18.3 Å². The Morgan fingerprint density at radius 1 is 1.26 bits per heavy atom. The Kier molecular flexibility index (Phi) is 5.23. The second-order valence-corrected chi connectivity index (χ2v) is 5.67. The van der Waals surface area contributed by atoms with Crippen LogP contribution in [0.1, 0.15) is 32.6 Å². The molecule has 0 aliphatic heterocycles. The maximum absolute atomic E-state index is 12.8. The van der Waals surface area contributed by atoms with E-state index in [9.17, 15) is 22.8 Å². The van der Waals surface area contributed by atoms with Crippen molar-refractivity contribution in [1.82, 2.24) is 4.98 Å². The third kappa shape index (κ3) is 4.67. The summed E-state index contributed by atoms with van der Waals surface area (Å²) < 4.78 is 38.5. The molecule has 23 heavy (non-hydrogen) atoms. The van der Waals surface area contributed by atoms with Crippen molar-refractivity contribution in [3.05, 3.63) is 18.3 Å². The summed E-state index contributed by atoms with van der Waals surface area (Å²) in [7, 11) is 0. The number of carbonyl (C=O) groups is 2. The molecule has 2 N–H and O–H groups in total. The van der Waals surface area contributed by atoms with Crippen LogP contribution in [0.4, 0.5) is 24.7 Å². The van der Waals surface area contributed by atoms with E-state index in [1.807, 2.05) is 0 Å². The van der Waals surface area contributed by atoms with Gasteiger partial charge in [0.2, 0.25) is 11.8 Å². The van der Waals surface area contributed by atoms with Crippen molar-refractivity contribution < 1.29 is 22.8 Å². The molecule has 8 heteroatoms. The van der Waals surface area contributed by atoms with Crippen molar-refractivity contribution in [2.75, 3.05) is 10.6 Å². The summed E-state index contributed by atoms with van der Waals surface area (Å²) >= 11 is 0. The second-order valence-electron chi connectivity index (χ2n) is 5.67. The van der Waals surface area contributed by atoms with Gasteiger partial charge < -0.3 is 10.6 Å². The number of nitrogens with zero attached hydrogens (tertiary/aromatic N) is 1. The summed E-state index contributed by atoms with van der Waals surface area (Å²) in [4.78, 5) is 27.3. The van der Waals surface area contributed by atoms with Gasteiger partial charge in [0.05, 0.1) is 11.6 Å². The summed E-state index contributed by atoms with van der Waals surface area (Å²) in [5.74, 6) is -2.83. The minimum Gasteiger partial charge on any atom is -0.323 e. The molecule has 2 amide bonds. The Labute approximate surface area is 131 Å². The second kappa shape index (κ2) is 6.97. The van der Waals surface area contributed by atoms with E-state index in [0.29, 0.717) is 18.5 Å². The number of rotatable bonds is 3. The Hall–Kier alpha value is -2.12. The van der Waals surface area contributed by atoms with Crippen LogP contribution in [0.25, 0.3) is 0 Å². The molecule has 2 unspecified atom stereocenters. The molecule has 2 atom stereocenters. The van der Waals surface area contributed by atoms with Crippen molar-refractivity contribution in [2.24, 2.45) is 11.8 Å². The number of hydrogen-bond acceptors (Lipinski definition) is 3. The van der Waals surface area contributed by atoms with E-state index in [0.717, 1.165) is 0 Å². The molecule has 1 saturated carbocycles. The van der Waals surface area contributed by atoms with E-state index in [4.69, 9.17) is 0 Å². The number of alkyl halides is 3. The Morgan fingerprint density at radius 2 is 2.00 bits per heavy atom. The topological polar surface area (TPSA) is 71.1 Å². The van der Waals surface area contributed by atoms with Gasteiger partial charge in [0.15, 0.2) is 5.82 Å². The number of nitrogens with one attached hydrogen (secondary N) is 2. The number of anilines is 2. The molecule has 1 aliphatic carbocycles. The lowest BCUT2D eigenvalue weighted by atomic mass is 9.80. The Morgan fingerprint density at radius 3 is 2.65 bits per heavy atom. The predicted octanol–water partition coefficient (Wildman–Crippen LogP) is 3.35. The highest BCUT2D eigenvalue weighted by Gasteiger charge is 2.43. The van der Waals surface area contributed by atoms with Gasteiger partial charge in [0, 0.05) is 19.0 Å². The molecule has 0 spiro atoms. The molecule has 5 nitrogen and oxygen atoms in total. The average molecular weight is 329 g/mol. The van der Waals surface area contributed by atoms with E-state index in [1.54, 1.807) is 12.1 Å². The fourth-order valence-corrected chi connectivity index (χ4v) is 2.74. The van der Waals surface area contributed by atoms with Crippen molar-refractivity contribution in [2.45, 2.75) is 38.8 Å². The van der Waals surface area contributed by atoms with Crippen LogP contribution < -0.4 is 10.6 Å². The van der Waals surface area contributed by atoms with Crippen LogP contribution in [0.3, 0.4) is 0 Å². The fourth-order valence-electron chi connectivity index (χ4n) is 2.74. The zero-order valence-electron chi connectivity index (χ0n) is 12.6. The van der Waals surface area contributed by atoms with Gasteiger partial charge in [-0.05, 0) is 31.4 Å². The molecule has 0 radical (unpaired) electrons. The van der Waals surface area contributed by atoms with Crippen molar-refractivity contribution in [3.8, 4) is 0 Å². The normalized spacial score (nSPS) is 21.6. The number of amides is 2. The molecular weight excluding hydrogens is 311 g/mol. The van der Waals surface area contributed by atoms with E-state index in [2.05, 4.69) is 15.6 Å². The van der Waals surface area contributed by atoms with Crippen molar-refractivity contribution >= 4 is 23.3 Å². The number of aromatic nitrogens is 1. The summed E-state index contributed by atoms with van der Waals surface area (Å²) in [6.45, 7) is 1.31. The first kappa shape index (κ1) is 17.2. The molecule has 1 aromatic rings. The first-order valence-corrected chi connectivity index (χ1v) is 7.37. The van der Waals surface area contributed by atoms with E-state index < -0.39 is 23.9 Å². The maximum atomic E-state index is 12.8. The van der Waals surface area contributed by atoms with E-state index in [-0.39, 0.29) is 24.6 Å². The molecule has 1 aromatic heterocycles. The highest BCUT2D eigenvalue weighted by atomic mass is 19.4. The zero-order chi connectivity index (χ0) is 17.0. The molecular formula is C15H18F3N3O2. The van der Waals surface area contributed by atoms with Crippen LogP contribution in [-0.2, 0) is 9.59 Å². The third-order valence-corrected chi connectivity index (χ3v) is 3.87. The molecule has 0 aromatic carbocycles. The molecule has 2 rings (SSSR count). The van der Waals surface area contributed by atoms with Gasteiger partial charge in [0.25, 0.3) is 0 Å². The lowest BCUT2D eigenvalue weighted by Gasteiger charge is -2.29. The van der Waals surface area contributed by atoms with Crippen LogP contribution in [-0.4, -0.2) is 23.0 Å². The molecule has 0 bridgehead atoms. The number of hydrogen-bond donors (Lipinski definition) is 2. The summed E-state index contributed by atoms with van der Waals surface area (Å²) in [6.07, 6.45) is -2.21. The summed E-state index contributed by atoms with van der Waals surface area (Å²) in [5.41, 5.74) is 0.316. The van der Waals surface area contributed by atoms with Gasteiger partial charge >= 0.3 is 6.18 Å². The lowest BCUT2D eigenvalue weighted by Crippen LogP contribution is -2.34. The summed E-state index contributed by atoms with van der Waals surface area (Å²) in [5, 5.41) is 5.04. The van der Waals surface area contributed by atoms with Gasteiger partial charge in [-0.2, -0.15) is 13.2 Å². The standard InChI is InChI=1S/C15H18F3N3O2/c1-9(22)20-12-6-3-7-19-13(12)21-14(23)10-4-2-5-11(8-10)15(16,17)18/h3,6-7,10-11H,2,4-5,8H2,1H3,(H,20,22)(H,19,21,23). The Balaban J connectivity index is 2.06. The maximum Gasteiger partial charge on any atom is 0.391 e. The lowest BCUT2D eigenvalue weighted by molar-refractivity contribution is -0.185. The first-order chi connectivity index (χ1) is 10.8. The zero-order valence-corrected chi connectivity index (χ0v) is 12.6. The molecule has 0 saturated heterocycles. The highest BCUT2D eigenvalue weighted by molar-refractivity contribution is 5.98. The van der Waals surface area contributed by atoms with Crippen LogP contribution in [0.5, 0.6) is 0 Å². The SMILES string of the molecule is CC(=O)Nc1cccnc1NC(=O)C1CCCC(C(F)(F)F)C1. The largest absolute Gasteiger partial charge is 0.391 e. The van der Waals surface area contributed by atoms with Gasteiger partial charge in [-0.25, -0.2) is 4.98 Å². The molecule has 1 heterocycles. The van der Waals surface area contributed by atoms with Crippen LogP contribution in [0, 0.1) is 11.8 Å². The fraction of sp³-hybridized carbons (Fsp3) is 0.533. The van der Waals surface area contributed by atoms with Gasteiger partial charge in [-0.3, -0.25) is 9.59 Å². The van der Waals surface area contributed by atoms with Gasteiger partial charge in [0.1, 0.15) is 0 Å². The van der Waals surface area contributed by atoms with Gasteiger partial charge in [-0.15, -0.1) is 0 Å². The highest BCUT2D eigenvalue weighted by Crippen LogP contribution is 2.40. The van der Waals surface area contributed by atoms with Crippen LogP contribution >= 0.6 is 0 Å². The van der Waals surface area contributed by atoms with E-state index >= 15 is 0 Å². The summed E-state index contributed by atoms with van der Waals surface area (Å²) in [6, 6.07) is 3.14. The van der Waals surface area contributed by atoms with Crippen molar-refractivity contribution in [3.63, 3.8) is 0 Å². The minimum atomic E-state index is -4.27. The number of carbonyl (C=O) groups excluding carboxylic acids is 2. The smallest absolute Gasteiger partial charge is 0.323 e. The van der Waals surface area contributed by atoms with Crippen LogP contribution in [0.2, 0.25) is 0 Å². The first-order valence-electron chi connectivity index (χ1n) is 7.37. The predicted molar refractivity (Wildman–Crippen MR) is 78.7 cm³/mol. The van der Waals surface area contributed by atoms with Gasteiger partial charge in [-0.1, -0.05) is 6.42 Å². The average Bonchev–Trinajstić information content (AvgIpc) is 2.48. The monoisotopic (exact) mass is 329 g/mol. The minimum absolute atomic E-state index is 0.0635. The number of halogens is 3. The molecule has 1 fully saturated rings. The third-order valence-electron chi connectivity index (χ3n) is 3.87. The van der Waals surface area contributed by atoms with Crippen molar-refractivity contribution in [1.29, 1.82) is 0 Å². The Bertz CT molecular complexity index is 590. The quantitative estimate of drug-likeness (QED) is 0.893.